The van der Waals surface area contributed by atoms with Crippen molar-refractivity contribution in [3.8, 4) is 0 Å². The van der Waals surface area contributed by atoms with Crippen LogP contribution < -0.4 is 11.1 Å². The lowest BCUT2D eigenvalue weighted by atomic mass is 9.85. The number of nitrogens with one attached hydrogen (secondary N) is 1. The van der Waals surface area contributed by atoms with Crippen molar-refractivity contribution in [1.29, 1.82) is 0 Å². The lowest BCUT2D eigenvalue weighted by Gasteiger charge is -2.27. The lowest BCUT2D eigenvalue weighted by Crippen LogP contribution is -2.48. The second-order valence-corrected chi connectivity index (χ2v) is 9.67. The quantitative estimate of drug-likeness (QED) is 0.476. The Labute approximate surface area is 208 Å². The predicted octanol–water partition coefficient (Wildman–Crippen LogP) is 2.41. The van der Waals surface area contributed by atoms with Crippen molar-refractivity contribution in [3.63, 3.8) is 0 Å². The van der Waals surface area contributed by atoms with Gasteiger partial charge in [0.1, 0.15) is 0 Å². The molecule has 35 heavy (non-hydrogen) atoms. The minimum atomic E-state index is -0.737. The Balaban J connectivity index is 1.79. The molecule has 0 bridgehead atoms. The molecule has 1 fully saturated rings. The molecule has 3 N–H and O–H groups in total. The molecule has 1 saturated heterocycles. The van der Waals surface area contributed by atoms with E-state index in [0.717, 1.165) is 5.56 Å². The van der Waals surface area contributed by atoms with Crippen LogP contribution in [0.2, 0.25) is 0 Å². The minimum absolute atomic E-state index is 0.202. The van der Waals surface area contributed by atoms with Gasteiger partial charge in [-0.1, -0.05) is 56.3 Å². The summed E-state index contributed by atoms with van der Waals surface area (Å²) in [4.78, 5) is 41.8. The van der Waals surface area contributed by atoms with Gasteiger partial charge in [0.2, 0.25) is 5.91 Å². The molecular formula is C28H38N3O4. The van der Waals surface area contributed by atoms with Crippen LogP contribution in [-0.2, 0) is 25.5 Å². The number of benzene rings is 1. The summed E-state index contributed by atoms with van der Waals surface area (Å²) in [5, 5.41) is 2.96. The molecule has 1 radical (unpaired) electrons. The number of ketones is 2. The first kappa shape index (κ1) is 27.0. The van der Waals surface area contributed by atoms with Gasteiger partial charge in [-0.15, -0.1) is 0 Å². The first-order valence-electron chi connectivity index (χ1n) is 12.6. The zero-order chi connectivity index (χ0) is 25.2. The van der Waals surface area contributed by atoms with E-state index in [4.69, 9.17) is 10.5 Å². The number of rotatable bonds is 12. The number of Topliss-reactive ketones (excluding diaryl/α,β-unsaturated/α-hetero) is 2. The smallest absolute Gasteiger partial charge is 0.234 e. The van der Waals surface area contributed by atoms with Crippen LogP contribution in [-0.4, -0.2) is 67.3 Å². The highest BCUT2D eigenvalue weighted by Crippen LogP contribution is 2.24. The summed E-state index contributed by atoms with van der Waals surface area (Å²) < 4.78 is 5.36. The van der Waals surface area contributed by atoms with Crippen molar-refractivity contribution < 1.29 is 19.1 Å². The van der Waals surface area contributed by atoms with Crippen LogP contribution in [0.4, 0.5) is 0 Å². The third-order valence-corrected chi connectivity index (χ3v) is 6.31. The summed E-state index contributed by atoms with van der Waals surface area (Å²) in [6.45, 7) is 6.81. The average molecular weight is 481 g/mol. The van der Waals surface area contributed by atoms with Gasteiger partial charge in [-0.25, -0.2) is 0 Å². The number of hydrogen-bond acceptors (Lipinski definition) is 6. The number of morpholine rings is 1. The number of hydrogen-bond donors (Lipinski definition) is 2. The number of nitrogens with two attached hydrogens (primary N) is 1. The van der Waals surface area contributed by atoms with Gasteiger partial charge >= 0.3 is 0 Å². The predicted molar refractivity (Wildman–Crippen MR) is 136 cm³/mol. The van der Waals surface area contributed by atoms with E-state index in [1.165, 1.54) is 0 Å². The molecule has 3 rings (SSSR count). The van der Waals surface area contributed by atoms with E-state index in [-0.39, 0.29) is 29.9 Å². The van der Waals surface area contributed by atoms with Gasteiger partial charge in [-0.05, 0) is 43.6 Å². The van der Waals surface area contributed by atoms with Crippen molar-refractivity contribution in [2.75, 3.05) is 32.8 Å². The Morgan fingerprint density at radius 2 is 1.77 bits per heavy atom. The molecule has 1 aliphatic carbocycles. The van der Waals surface area contributed by atoms with Crippen molar-refractivity contribution in [2.45, 2.75) is 51.6 Å². The SMILES string of the molecule is CC(C)C[C@H](N)C(=O)C1=C(C(=O)[C@H](CCc2ccccc2)NC(=O)CN2CCOCC2)C=CC[CH]1. The zero-order valence-electron chi connectivity index (χ0n) is 20.9. The zero-order valence-corrected chi connectivity index (χ0v) is 20.9. The van der Waals surface area contributed by atoms with E-state index in [0.29, 0.717) is 63.1 Å². The molecule has 1 amide bonds. The standard InChI is InChI=1S/C28H38N3O4/c1-20(2)18-24(29)27(33)22-10-6-7-11-23(22)28(34)25(13-12-21-8-4-3-5-9-21)30-26(32)19-31-14-16-35-17-15-31/h3-5,7-11,20,24-25H,6,12-19,29H2,1-2H3,(H,30,32)/t24-,25-/m0/s1. The van der Waals surface area contributed by atoms with Gasteiger partial charge < -0.3 is 15.8 Å². The van der Waals surface area contributed by atoms with Crippen LogP contribution in [0.25, 0.3) is 0 Å². The molecule has 0 aromatic heterocycles. The Bertz CT molecular complexity index is 933. The minimum Gasteiger partial charge on any atom is -0.379 e. The molecule has 7 nitrogen and oxygen atoms in total. The second kappa shape index (κ2) is 13.5. The number of amides is 1. The summed E-state index contributed by atoms with van der Waals surface area (Å²) in [7, 11) is 0. The van der Waals surface area contributed by atoms with Crippen LogP contribution in [0.15, 0.2) is 53.6 Å². The molecule has 7 heteroatoms. The molecule has 0 spiro atoms. The Kier molecular flexibility index (Phi) is 10.4. The molecule has 2 aliphatic rings. The van der Waals surface area contributed by atoms with E-state index in [1.807, 2.05) is 55.2 Å². The number of ether oxygens (including phenoxy) is 1. The highest BCUT2D eigenvalue weighted by atomic mass is 16.5. The fourth-order valence-electron chi connectivity index (χ4n) is 4.45. The number of carbonyl (C=O) groups excluding carboxylic acids is 3. The van der Waals surface area contributed by atoms with E-state index in [2.05, 4.69) is 5.32 Å². The summed E-state index contributed by atoms with van der Waals surface area (Å²) in [6.07, 6.45) is 7.54. The van der Waals surface area contributed by atoms with E-state index in [9.17, 15) is 14.4 Å². The maximum atomic E-state index is 13.7. The summed E-state index contributed by atoms with van der Waals surface area (Å²) in [6, 6.07) is 8.47. The van der Waals surface area contributed by atoms with Crippen molar-refractivity contribution in [2.24, 2.45) is 11.7 Å². The van der Waals surface area contributed by atoms with E-state index < -0.39 is 12.1 Å². The number of nitrogens with zero attached hydrogens (tertiary/aromatic N) is 1. The third-order valence-electron chi connectivity index (χ3n) is 6.31. The van der Waals surface area contributed by atoms with Crippen LogP contribution >= 0.6 is 0 Å². The summed E-state index contributed by atoms with van der Waals surface area (Å²) in [5.74, 6) is -0.394. The summed E-state index contributed by atoms with van der Waals surface area (Å²) in [5.41, 5.74) is 7.98. The van der Waals surface area contributed by atoms with Gasteiger partial charge in [-0.3, -0.25) is 19.3 Å². The third kappa shape index (κ3) is 8.23. The number of allylic oxidation sites excluding steroid dienone is 2. The second-order valence-electron chi connectivity index (χ2n) is 9.67. The molecule has 1 aliphatic heterocycles. The number of aryl methyl sites for hydroxylation is 1. The highest BCUT2D eigenvalue weighted by molar-refractivity contribution is 6.13. The fraction of sp³-hybridized carbons (Fsp3) is 0.500. The van der Waals surface area contributed by atoms with Crippen LogP contribution in [0, 0.1) is 12.3 Å². The fourth-order valence-corrected chi connectivity index (χ4v) is 4.45. The first-order valence-corrected chi connectivity index (χ1v) is 12.6. The Hall–Kier alpha value is -2.61. The van der Waals surface area contributed by atoms with Crippen LogP contribution in [0.5, 0.6) is 0 Å². The topological polar surface area (TPSA) is 102 Å². The van der Waals surface area contributed by atoms with Crippen molar-refractivity contribution in [3.05, 3.63) is 65.6 Å². The molecular weight excluding hydrogens is 442 g/mol. The van der Waals surface area contributed by atoms with Crippen molar-refractivity contribution >= 4 is 17.5 Å². The van der Waals surface area contributed by atoms with E-state index >= 15 is 0 Å². The molecule has 1 aromatic rings. The number of carbonyl (C=O) groups is 3. The van der Waals surface area contributed by atoms with E-state index in [1.54, 1.807) is 12.5 Å². The van der Waals surface area contributed by atoms with Gasteiger partial charge in [0, 0.05) is 24.2 Å². The van der Waals surface area contributed by atoms with Gasteiger partial charge in [0.15, 0.2) is 11.6 Å². The van der Waals surface area contributed by atoms with Crippen LogP contribution in [0.3, 0.4) is 0 Å². The lowest BCUT2D eigenvalue weighted by molar-refractivity contribution is -0.127. The molecule has 1 heterocycles. The highest BCUT2D eigenvalue weighted by Gasteiger charge is 2.30. The van der Waals surface area contributed by atoms with Gasteiger partial charge in [0.05, 0.1) is 31.8 Å². The molecule has 0 saturated carbocycles. The normalized spacial score (nSPS) is 18.4. The molecule has 2 atom stereocenters. The summed E-state index contributed by atoms with van der Waals surface area (Å²) >= 11 is 0. The Morgan fingerprint density at radius 3 is 2.46 bits per heavy atom. The maximum absolute atomic E-state index is 13.7. The molecule has 189 valence electrons. The van der Waals surface area contributed by atoms with Gasteiger partial charge in [-0.2, -0.15) is 0 Å². The van der Waals surface area contributed by atoms with Crippen molar-refractivity contribution in [1.82, 2.24) is 10.2 Å². The molecule has 1 aromatic carbocycles. The average Bonchev–Trinajstić information content (AvgIpc) is 2.86. The maximum Gasteiger partial charge on any atom is 0.234 e. The monoisotopic (exact) mass is 480 g/mol. The molecule has 0 unspecified atom stereocenters. The van der Waals surface area contributed by atoms with Gasteiger partial charge in [0.25, 0.3) is 0 Å². The largest absolute Gasteiger partial charge is 0.379 e. The Morgan fingerprint density at radius 1 is 1.06 bits per heavy atom. The first-order chi connectivity index (χ1) is 16.8. The van der Waals surface area contributed by atoms with Crippen LogP contribution in [0.1, 0.15) is 38.7 Å².